The lowest BCUT2D eigenvalue weighted by Crippen LogP contribution is -2.22. The summed E-state index contributed by atoms with van der Waals surface area (Å²) < 4.78 is 6.92. The second-order valence-corrected chi connectivity index (χ2v) is 4.30. The smallest absolute Gasteiger partial charge is 0.251 e. The number of nitrogens with zero attached hydrogens (tertiary/aromatic N) is 2. The van der Waals surface area contributed by atoms with E-state index < -0.39 is 0 Å². The van der Waals surface area contributed by atoms with Gasteiger partial charge in [0, 0.05) is 18.0 Å². The Morgan fingerprint density at radius 2 is 2.32 bits per heavy atom. The van der Waals surface area contributed by atoms with E-state index in [4.69, 9.17) is 4.42 Å². The van der Waals surface area contributed by atoms with Gasteiger partial charge in [0.25, 0.3) is 5.91 Å². The summed E-state index contributed by atoms with van der Waals surface area (Å²) in [5.74, 6) is 0.606. The molecular weight excluding hydrogens is 242 g/mol. The topological polar surface area (TPSA) is 60.1 Å². The van der Waals surface area contributed by atoms with Crippen molar-refractivity contribution >= 4 is 16.8 Å². The molecule has 0 atom stereocenters. The molecule has 0 bridgehead atoms. The lowest BCUT2D eigenvalue weighted by molar-refractivity contribution is 0.0948. The number of rotatable bonds is 3. The molecule has 2 aromatic heterocycles. The number of carbonyl (C=O) groups is 1. The van der Waals surface area contributed by atoms with Crippen LogP contribution in [0.3, 0.4) is 0 Å². The number of hydrogen-bond acceptors (Lipinski definition) is 3. The van der Waals surface area contributed by atoms with E-state index in [9.17, 15) is 4.79 Å². The number of benzene rings is 1. The number of furan rings is 1. The normalized spacial score (nSPS) is 10.8. The Hall–Kier alpha value is -2.56. The maximum absolute atomic E-state index is 12.0. The number of aryl methyl sites for hydroxylation is 1. The van der Waals surface area contributed by atoms with E-state index in [1.165, 1.54) is 0 Å². The average molecular weight is 255 g/mol. The van der Waals surface area contributed by atoms with Crippen LogP contribution in [0.25, 0.3) is 10.9 Å². The minimum atomic E-state index is -0.125. The van der Waals surface area contributed by atoms with Gasteiger partial charge < -0.3 is 9.73 Å². The third-order valence-electron chi connectivity index (χ3n) is 3.01. The fourth-order valence-electron chi connectivity index (χ4n) is 1.97. The molecule has 0 spiro atoms. The van der Waals surface area contributed by atoms with E-state index in [-0.39, 0.29) is 5.91 Å². The monoisotopic (exact) mass is 255 g/mol. The highest BCUT2D eigenvalue weighted by atomic mass is 16.3. The Kier molecular flexibility index (Phi) is 2.79. The van der Waals surface area contributed by atoms with Crippen molar-refractivity contribution in [3.63, 3.8) is 0 Å². The third kappa shape index (κ3) is 2.22. The van der Waals surface area contributed by atoms with E-state index in [2.05, 4.69) is 10.4 Å². The molecule has 1 aromatic carbocycles. The molecule has 0 unspecified atom stereocenters. The lowest BCUT2D eigenvalue weighted by Gasteiger charge is -2.04. The quantitative estimate of drug-likeness (QED) is 0.779. The van der Waals surface area contributed by atoms with Gasteiger partial charge in [0.1, 0.15) is 5.76 Å². The van der Waals surface area contributed by atoms with Crippen molar-refractivity contribution in [2.45, 2.75) is 6.54 Å². The predicted octanol–water partition coefficient (Wildman–Crippen LogP) is 2.10. The second kappa shape index (κ2) is 4.61. The Morgan fingerprint density at radius 3 is 3.11 bits per heavy atom. The van der Waals surface area contributed by atoms with Crippen molar-refractivity contribution in [1.29, 1.82) is 0 Å². The third-order valence-corrected chi connectivity index (χ3v) is 3.01. The van der Waals surface area contributed by atoms with Crippen molar-refractivity contribution in [3.8, 4) is 0 Å². The van der Waals surface area contributed by atoms with Crippen LogP contribution in [0, 0.1) is 0 Å². The van der Waals surface area contributed by atoms with Crippen LogP contribution in [0.2, 0.25) is 0 Å². The summed E-state index contributed by atoms with van der Waals surface area (Å²) >= 11 is 0. The van der Waals surface area contributed by atoms with Crippen LogP contribution < -0.4 is 5.32 Å². The van der Waals surface area contributed by atoms with Crippen LogP contribution in [-0.2, 0) is 13.6 Å². The molecule has 0 saturated heterocycles. The van der Waals surface area contributed by atoms with Crippen LogP contribution in [-0.4, -0.2) is 15.7 Å². The Balaban J connectivity index is 1.79. The summed E-state index contributed by atoms with van der Waals surface area (Å²) in [6, 6.07) is 9.14. The van der Waals surface area contributed by atoms with Crippen LogP contribution in [0.5, 0.6) is 0 Å². The Morgan fingerprint density at radius 1 is 1.42 bits per heavy atom. The first-order chi connectivity index (χ1) is 9.24. The summed E-state index contributed by atoms with van der Waals surface area (Å²) in [7, 11) is 1.85. The summed E-state index contributed by atoms with van der Waals surface area (Å²) in [4.78, 5) is 12.0. The summed E-state index contributed by atoms with van der Waals surface area (Å²) in [5, 5.41) is 7.99. The largest absolute Gasteiger partial charge is 0.467 e. The molecule has 0 radical (unpaired) electrons. The standard InChI is InChI=1S/C14H13N3O2/c1-17-13-7-10(4-5-11(13)8-16-17)14(18)15-9-12-3-2-6-19-12/h2-8H,9H2,1H3,(H,15,18). The maximum Gasteiger partial charge on any atom is 0.251 e. The van der Waals surface area contributed by atoms with E-state index >= 15 is 0 Å². The number of nitrogens with one attached hydrogen (secondary N) is 1. The van der Waals surface area contributed by atoms with Gasteiger partial charge in [0.05, 0.1) is 24.5 Å². The van der Waals surface area contributed by atoms with Crippen molar-refractivity contribution in [2.75, 3.05) is 0 Å². The van der Waals surface area contributed by atoms with Gasteiger partial charge in [-0.1, -0.05) is 6.07 Å². The van der Waals surface area contributed by atoms with E-state index in [1.807, 2.05) is 25.2 Å². The van der Waals surface area contributed by atoms with Crippen molar-refractivity contribution in [3.05, 3.63) is 54.1 Å². The summed E-state index contributed by atoms with van der Waals surface area (Å²) in [6.07, 6.45) is 3.36. The highest BCUT2D eigenvalue weighted by Crippen LogP contribution is 2.14. The van der Waals surface area contributed by atoms with E-state index in [0.717, 1.165) is 16.7 Å². The van der Waals surface area contributed by atoms with Crippen LogP contribution in [0.15, 0.2) is 47.2 Å². The Labute approximate surface area is 109 Å². The lowest BCUT2D eigenvalue weighted by atomic mass is 10.1. The van der Waals surface area contributed by atoms with Crippen molar-refractivity contribution in [1.82, 2.24) is 15.1 Å². The fraction of sp³-hybridized carbons (Fsp3) is 0.143. The van der Waals surface area contributed by atoms with Gasteiger partial charge in [-0.3, -0.25) is 9.48 Å². The average Bonchev–Trinajstić information content (AvgIpc) is 3.06. The predicted molar refractivity (Wildman–Crippen MR) is 70.6 cm³/mol. The van der Waals surface area contributed by atoms with Crippen LogP contribution in [0.4, 0.5) is 0 Å². The molecule has 0 aliphatic heterocycles. The highest BCUT2D eigenvalue weighted by Gasteiger charge is 2.08. The minimum absolute atomic E-state index is 0.125. The van der Waals surface area contributed by atoms with Crippen LogP contribution in [0.1, 0.15) is 16.1 Å². The maximum atomic E-state index is 12.0. The number of fused-ring (bicyclic) bond motifs is 1. The van der Waals surface area contributed by atoms with Crippen molar-refractivity contribution in [2.24, 2.45) is 7.05 Å². The zero-order valence-corrected chi connectivity index (χ0v) is 10.5. The molecule has 2 heterocycles. The number of aromatic nitrogens is 2. The van der Waals surface area contributed by atoms with Gasteiger partial charge in [-0.2, -0.15) is 5.10 Å². The summed E-state index contributed by atoms with van der Waals surface area (Å²) in [5.41, 5.74) is 1.55. The van der Waals surface area contributed by atoms with Gasteiger partial charge in [0.15, 0.2) is 0 Å². The molecule has 3 aromatic rings. The SMILES string of the molecule is Cn1ncc2ccc(C(=O)NCc3ccco3)cc21. The number of amides is 1. The molecule has 0 saturated carbocycles. The van der Waals surface area contributed by atoms with Crippen LogP contribution >= 0.6 is 0 Å². The first-order valence-electron chi connectivity index (χ1n) is 5.96. The van der Waals surface area contributed by atoms with Gasteiger partial charge in [-0.15, -0.1) is 0 Å². The molecule has 3 rings (SSSR count). The van der Waals surface area contributed by atoms with E-state index in [1.54, 1.807) is 29.3 Å². The second-order valence-electron chi connectivity index (χ2n) is 4.30. The zero-order valence-electron chi connectivity index (χ0n) is 10.5. The molecule has 5 nitrogen and oxygen atoms in total. The highest BCUT2D eigenvalue weighted by molar-refractivity contribution is 5.97. The van der Waals surface area contributed by atoms with Gasteiger partial charge in [0.2, 0.25) is 0 Å². The molecule has 1 amide bonds. The molecule has 1 N–H and O–H groups in total. The van der Waals surface area contributed by atoms with Crippen molar-refractivity contribution < 1.29 is 9.21 Å². The minimum Gasteiger partial charge on any atom is -0.467 e. The molecule has 96 valence electrons. The zero-order chi connectivity index (χ0) is 13.2. The molecule has 5 heteroatoms. The summed E-state index contributed by atoms with van der Waals surface area (Å²) in [6.45, 7) is 0.384. The van der Waals surface area contributed by atoms with Gasteiger partial charge >= 0.3 is 0 Å². The number of hydrogen-bond donors (Lipinski definition) is 1. The fourth-order valence-corrected chi connectivity index (χ4v) is 1.97. The first kappa shape index (κ1) is 11.5. The van der Waals surface area contributed by atoms with Gasteiger partial charge in [-0.05, 0) is 24.3 Å². The molecule has 0 fully saturated rings. The molecular formula is C14H13N3O2. The Bertz CT molecular complexity index is 713. The first-order valence-corrected chi connectivity index (χ1v) is 5.96. The molecule has 0 aliphatic carbocycles. The van der Waals surface area contributed by atoms with E-state index in [0.29, 0.717) is 12.1 Å². The molecule has 0 aliphatic rings. The van der Waals surface area contributed by atoms with Gasteiger partial charge in [-0.25, -0.2) is 0 Å². The molecule has 19 heavy (non-hydrogen) atoms. The number of carbonyl (C=O) groups excluding carboxylic acids is 1.